The Morgan fingerprint density at radius 2 is 0.852 bits per heavy atom. The SMILES string of the molecule is O=C(O)c1ccc(/C2=C3\C=CC(=N3)/C(c3ccc(C(=O)O)cc3)=c3/cc/c([nH]3)=C(\c3ccc(C(=O)O)cc3)C3=N/C(=C(/c4ccc(C(=O)O)cc4)C4CC=C2N4)C=C3)cc1.[Fe+3]. The third-order valence-electron chi connectivity index (χ3n) is 10.8. The van der Waals surface area contributed by atoms with Gasteiger partial charge in [-0.15, -0.1) is 0 Å². The smallest absolute Gasteiger partial charge is 0.478 e. The van der Waals surface area contributed by atoms with Gasteiger partial charge in [0.2, 0.25) is 0 Å². The largest absolute Gasteiger partial charge is 3.00 e. The fourth-order valence-electron chi connectivity index (χ4n) is 7.87. The van der Waals surface area contributed by atoms with Crippen LogP contribution in [0.5, 0.6) is 0 Å². The molecule has 9 rings (SSSR count). The zero-order valence-corrected chi connectivity index (χ0v) is 32.8. The first-order valence-electron chi connectivity index (χ1n) is 18.8. The molecule has 12 nitrogen and oxygen atoms in total. The van der Waals surface area contributed by atoms with Crippen LogP contribution >= 0.6 is 0 Å². The first kappa shape index (κ1) is 39.9. The zero-order valence-electron chi connectivity index (χ0n) is 31.7. The minimum Gasteiger partial charge on any atom is -0.478 e. The predicted molar refractivity (Wildman–Crippen MR) is 225 cm³/mol. The van der Waals surface area contributed by atoms with Crippen molar-refractivity contribution < 1.29 is 56.7 Å². The van der Waals surface area contributed by atoms with Gasteiger partial charge in [0.25, 0.3) is 0 Å². The molecule has 0 saturated carbocycles. The molecule has 0 fully saturated rings. The van der Waals surface area contributed by atoms with E-state index in [0.29, 0.717) is 67.8 Å². The van der Waals surface area contributed by atoms with Crippen molar-refractivity contribution in [2.24, 2.45) is 9.98 Å². The molecule has 1 unspecified atom stereocenters. The second-order valence-corrected chi connectivity index (χ2v) is 14.3. The van der Waals surface area contributed by atoms with Crippen LogP contribution in [-0.2, 0) is 17.1 Å². The fraction of sp³-hybridized carbons (Fsp3) is 0.0417. The molecule has 4 aliphatic heterocycles. The van der Waals surface area contributed by atoms with Crippen LogP contribution in [0, 0.1) is 0 Å². The summed E-state index contributed by atoms with van der Waals surface area (Å²) in [5.74, 6) is -4.22. The van der Waals surface area contributed by atoms with Crippen LogP contribution in [0.15, 0.2) is 167 Å². The van der Waals surface area contributed by atoms with Gasteiger partial charge in [-0.3, -0.25) is 0 Å². The summed E-state index contributed by atoms with van der Waals surface area (Å²) in [6.07, 6.45) is 10.1. The van der Waals surface area contributed by atoms with Gasteiger partial charge in [-0.25, -0.2) is 29.2 Å². The van der Waals surface area contributed by atoms with Crippen LogP contribution in [0.2, 0.25) is 0 Å². The van der Waals surface area contributed by atoms with Gasteiger partial charge in [-0.1, -0.05) is 54.6 Å². The molecule has 0 saturated heterocycles. The van der Waals surface area contributed by atoms with Crippen molar-refractivity contribution in [1.82, 2.24) is 10.3 Å². The molecule has 1 radical (unpaired) electrons. The average molecular weight is 849 g/mol. The van der Waals surface area contributed by atoms with Gasteiger partial charge in [0.15, 0.2) is 0 Å². The van der Waals surface area contributed by atoms with Gasteiger partial charge in [-0.2, -0.15) is 0 Å². The topological polar surface area (TPSA) is 202 Å². The molecule has 0 spiro atoms. The summed E-state index contributed by atoms with van der Waals surface area (Å²) in [5.41, 5.74) is 9.40. The van der Waals surface area contributed by atoms with E-state index in [0.717, 1.165) is 22.4 Å². The number of aromatic carboxylic acids is 4. The zero-order chi connectivity index (χ0) is 41.7. The molecule has 0 amide bonds. The van der Waals surface area contributed by atoms with Gasteiger partial charge in [-0.05, 0) is 114 Å². The van der Waals surface area contributed by atoms with Crippen LogP contribution in [-0.4, -0.2) is 66.8 Å². The molecule has 13 heteroatoms. The van der Waals surface area contributed by atoms with Crippen LogP contribution < -0.4 is 16.0 Å². The first-order chi connectivity index (χ1) is 29.0. The summed E-state index contributed by atoms with van der Waals surface area (Å²) in [7, 11) is 0. The second-order valence-electron chi connectivity index (χ2n) is 14.3. The summed E-state index contributed by atoms with van der Waals surface area (Å²) < 4.78 is 0. The van der Waals surface area contributed by atoms with Crippen LogP contribution in [0.4, 0.5) is 0 Å². The fourth-order valence-corrected chi connectivity index (χ4v) is 7.87. The Labute approximate surface area is 357 Å². The summed E-state index contributed by atoms with van der Waals surface area (Å²) in [6, 6.07) is 29.7. The monoisotopic (exact) mass is 848 g/mol. The number of nitrogens with one attached hydrogen (secondary N) is 2. The number of carboxylic acids is 4. The van der Waals surface area contributed by atoms with E-state index >= 15 is 0 Å². The normalized spacial score (nSPS) is 20.6. The number of carbonyl (C=O) groups is 4. The molecule has 5 aromatic rings. The van der Waals surface area contributed by atoms with Crippen LogP contribution in [0.3, 0.4) is 0 Å². The number of hydrogen-bond donors (Lipinski definition) is 6. The average Bonchev–Trinajstić information content (AvgIpc) is 4.10. The third kappa shape index (κ3) is 7.51. The molecule has 1 atom stereocenters. The number of fused-ring (bicyclic) bond motifs is 6. The molecule has 297 valence electrons. The van der Waals surface area contributed by atoms with Crippen molar-refractivity contribution in [3.05, 3.63) is 212 Å². The summed E-state index contributed by atoms with van der Waals surface area (Å²) in [6.45, 7) is 0. The van der Waals surface area contributed by atoms with E-state index in [9.17, 15) is 39.6 Å². The number of benzene rings is 4. The summed E-state index contributed by atoms with van der Waals surface area (Å²) in [5, 5.41) is 43.8. The molecule has 0 aliphatic carbocycles. The van der Waals surface area contributed by atoms with E-state index < -0.39 is 23.9 Å². The van der Waals surface area contributed by atoms with Crippen molar-refractivity contribution in [2.75, 3.05) is 0 Å². The number of carboxylic acid groups (broad SMARTS) is 4. The second kappa shape index (κ2) is 16.1. The number of H-pyrrole nitrogens is 1. The minimum absolute atomic E-state index is 0. The number of aliphatic imine (C=N–C) groups is 2. The Morgan fingerprint density at radius 3 is 1.28 bits per heavy atom. The molecular formula is C48H32FeN4O8+3. The third-order valence-corrected chi connectivity index (χ3v) is 10.8. The Bertz CT molecular complexity index is 3060. The maximum absolute atomic E-state index is 11.8. The minimum atomic E-state index is -1.06. The Hall–Kier alpha value is -7.86. The maximum Gasteiger partial charge on any atom is 3.00 e. The van der Waals surface area contributed by atoms with Crippen molar-refractivity contribution in [3.63, 3.8) is 0 Å². The van der Waals surface area contributed by atoms with E-state index in [-0.39, 0.29) is 45.4 Å². The van der Waals surface area contributed by atoms with E-state index in [4.69, 9.17) is 9.98 Å². The number of nitrogens with zero attached hydrogens (tertiary/aromatic N) is 2. The number of aromatic amines is 1. The Morgan fingerprint density at radius 1 is 0.475 bits per heavy atom. The number of allylic oxidation sites excluding steroid dienone is 5. The summed E-state index contributed by atoms with van der Waals surface area (Å²) >= 11 is 0. The molecule has 6 N–H and O–H groups in total. The predicted octanol–water partition coefficient (Wildman–Crippen LogP) is 6.31. The van der Waals surface area contributed by atoms with Gasteiger partial charge >= 0.3 is 40.9 Å². The number of rotatable bonds is 8. The molecule has 4 aromatic carbocycles. The van der Waals surface area contributed by atoms with Gasteiger partial charge in [0.1, 0.15) is 0 Å². The molecule has 4 aliphatic rings. The van der Waals surface area contributed by atoms with Crippen molar-refractivity contribution in [1.29, 1.82) is 0 Å². The first-order valence-corrected chi connectivity index (χ1v) is 18.8. The van der Waals surface area contributed by atoms with E-state index in [2.05, 4.69) is 16.4 Å². The van der Waals surface area contributed by atoms with Gasteiger partial charge in [0.05, 0.1) is 51.1 Å². The molecule has 1 aromatic heterocycles. The Balaban J connectivity index is 0.00000514. The molecule has 8 bridgehead atoms. The Kier molecular flexibility index (Phi) is 10.5. The van der Waals surface area contributed by atoms with Crippen molar-refractivity contribution in [2.45, 2.75) is 12.5 Å². The quantitative estimate of drug-likeness (QED) is 0.0969. The van der Waals surface area contributed by atoms with Crippen LogP contribution in [0.1, 0.15) is 70.1 Å². The van der Waals surface area contributed by atoms with Gasteiger partial charge < -0.3 is 30.7 Å². The standard InChI is InChI=1S/C48H32N4O8.Fe/c53-45(54)29-9-1-25(2-10-29)41-33-17-19-35(49-33)42(26-3-11-30(12-4-26)46(55)56)37-21-23-39(51-37)44(28-7-15-32(16-8-28)48(59)60)40-24-22-38(52-40)43(36-20-18-34(41)50-36)27-5-13-31(14-6-27)47(57)58;/h1-23,40,49,52H,24H2,(H,53,54)(H,55,56)(H,57,58)(H,59,60);/q;+3/b41-33-,42-35-,43-36-,44-39-;. The van der Waals surface area contributed by atoms with E-state index in [1.165, 1.54) is 24.3 Å². The molecular weight excluding hydrogens is 816 g/mol. The number of aromatic nitrogens is 1. The van der Waals surface area contributed by atoms with Gasteiger partial charge in [0, 0.05) is 38.7 Å². The maximum atomic E-state index is 11.8. The van der Waals surface area contributed by atoms with E-state index in [1.54, 1.807) is 72.8 Å². The van der Waals surface area contributed by atoms with Crippen molar-refractivity contribution >= 4 is 57.6 Å². The summed E-state index contributed by atoms with van der Waals surface area (Å²) in [4.78, 5) is 61.3. The number of hydrogen-bond acceptors (Lipinski definition) is 7. The van der Waals surface area contributed by atoms with Crippen LogP contribution in [0.25, 0.3) is 22.3 Å². The van der Waals surface area contributed by atoms with Crippen molar-refractivity contribution in [3.8, 4) is 0 Å². The van der Waals surface area contributed by atoms with E-state index in [1.807, 2.05) is 36.4 Å². The molecule has 5 heterocycles. The molecule has 61 heavy (non-hydrogen) atoms.